The minimum atomic E-state index is 0.234. The topological polar surface area (TPSA) is 82.3 Å². The van der Waals surface area contributed by atoms with Gasteiger partial charge in [-0.3, -0.25) is 9.80 Å². The van der Waals surface area contributed by atoms with Crippen molar-refractivity contribution in [3.8, 4) is 17.1 Å². The summed E-state index contributed by atoms with van der Waals surface area (Å²) in [6.45, 7) is 8.09. The quantitative estimate of drug-likeness (QED) is 0.409. The number of benzene rings is 2. The molecule has 0 aliphatic carbocycles. The van der Waals surface area contributed by atoms with Gasteiger partial charge in [-0.15, -0.1) is 0 Å². The molecule has 0 unspecified atom stereocenters. The van der Waals surface area contributed by atoms with Gasteiger partial charge in [0.15, 0.2) is 5.82 Å². The molecule has 2 N–H and O–H groups in total. The van der Waals surface area contributed by atoms with Crippen LogP contribution >= 0.6 is 0 Å². The van der Waals surface area contributed by atoms with Crippen molar-refractivity contribution >= 4 is 11.6 Å². The number of hydrogen-bond donors (Lipinski definition) is 2. The second-order valence-electron chi connectivity index (χ2n) is 8.91. The van der Waals surface area contributed by atoms with E-state index in [0.717, 1.165) is 56.2 Å². The highest BCUT2D eigenvalue weighted by molar-refractivity contribution is 5.59. The molecule has 8 nitrogen and oxygen atoms in total. The van der Waals surface area contributed by atoms with Gasteiger partial charge in [0, 0.05) is 69.0 Å². The van der Waals surface area contributed by atoms with E-state index >= 15 is 0 Å². The highest BCUT2D eigenvalue weighted by atomic mass is 16.3. The van der Waals surface area contributed by atoms with Gasteiger partial charge < -0.3 is 10.4 Å². The fourth-order valence-electron chi connectivity index (χ4n) is 4.26. The van der Waals surface area contributed by atoms with Crippen LogP contribution in [0.3, 0.4) is 0 Å². The second-order valence-corrected chi connectivity index (χ2v) is 8.91. The van der Waals surface area contributed by atoms with Gasteiger partial charge >= 0.3 is 0 Å². The van der Waals surface area contributed by atoms with E-state index in [1.807, 2.05) is 18.3 Å². The monoisotopic (exact) mass is 469 g/mol. The molecule has 0 spiro atoms. The Hall–Kier alpha value is -3.59. The molecule has 5 rings (SSSR count). The highest BCUT2D eigenvalue weighted by Gasteiger charge is 2.16. The lowest BCUT2D eigenvalue weighted by atomic mass is 10.1. The maximum absolute atomic E-state index is 9.10. The maximum atomic E-state index is 9.10. The smallest absolute Gasteiger partial charge is 0.229 e. The zero-order valence-corrected chi connectivity index (χ0v) is 20.0. The standard InChI is InChI=1S/C27H31N7O/c1-21-2-6-23(7-3-21)25-11-13-34(31-25)26-10-12-28-27(30-26)29-24-8-4-22(5-9-24)20-33-16-14-32(15-17-33)18-19-35/h2-13,35H,14-20H2,1H3,(H,28,29,30). The molecule has 0 saturated carbocycles. The Morgan fingerprint density at radius 3 is 2.37 bits per heavy atom. The highest BCUT2D eigenvalue weighted by Crippen LogP contribution is 2.20. The molecule has 0 bridgehead atoms. The summed E-state index contributed by atoms with van der Waals surface area (Å²) in [5.41, 5.74) is 5.43. The summed E-state index contributed by atoms with van der Waals surface area (Å²) in [6.07, 6.45) is 3.66. The number of piperazine rings is 1. The molecule has 1 fully saturated rings. The summed E-state index contributed by atoms with van der Waals surface area (Å²) in [7, 11) is 0. The number of β-amino-alcohol motifs (C(OH)–C–C–N with tert-alkyl or cyclic N) is 1. The van der Waals surface area contributed by atoms with Gasteiger partial charge in [-0.1, -0.05) is 42.0 Å². The van der Waals surface area contributed by atoms with Crippen molar-refractivity contribution in [2.45, 2.75) is 13.5 Å². The first-order chi connectivity index (χ1) is 17.2. The summed E-state index contributed by atoms with van der Waals surface area (Å²) in [5, 5.41) is 17.1. The lowest BCUT2D eigenvalue weighted by Crippen LogP contribution is -2.46. The largest absolute Gasteiger partial charge is 0.395 e. The van der Waals surface area contributed by atoms with Crippen LogP contribution in [0.1, 0.15) is 11.1 Å². The minimum Gasteiger partial charge on any atom is -0.395 e. The maximum Gasteiger partial charge on any atom is 0.229 e. The van der Waals surface area contributed by atoms with Crippen LogP contribution in [0.25, 0.3) is 17.1 Å². The predicted octanol–water partition coefficient (Wildman–Crippen LogP) is 3.49. The van der Waals surface area contributed by atoms with Gasteiger partial charge in [0.25, 0.3) is 0 Å². The number of aryl methyl sites for hydroxylation is 1. The van der Waals surface area contributed by atoms with E-state index in [-0.39, 0.29) is 6.61 Å². The molecule has 8 heteroatoms. The van der Waals surface area contributed by atoms with Crippen molar-refractivity contribution in [1.82, 2.24) is 29.5 Å². The number of aromatic nitrogens is 4. The third-order valence-corrected chi connectivity index (χ3v) is 6.31. The zero-order chi connectivity index (χ0) is 24.0. The van der Waals surface area contributed by atoms with Crippen molar-refractivity contribution in [3.63, 3.8) is 0 Å². The van der Waals surface area contributed by atoms with Crippen LogP contribution in [-0.2, 0) is 6.54 Å². The van der Waals surface area contributed by atoms with Crippen molar-refractivity contribution < 1.29 is 5.11 Å². The summed E-state index contributed by atoms with van der Waals surface area (Å²) >= 11 is 0. The van der Waals surface area contributed by atoms with Crippen molar-refractivity contribution in [2.24, 2.45) is 0 Å². The Kier molecular flexibility index (Phi) is 7.13. The fourth-order valence-corrected chi connectivity index (χ4v) is 4.26. The average Bonchev–Trinajstić information content (AvgIpc) is 3.38. The van der Waals surface area contributed by atoms with Crippen LogP contribution in [0.2, 0.25) is 0 Å². The molecular formula is C27H31N7O. The molecule has 0 atom stereocenters. The first kappa shape index (κ1) is 23.2. The first-order valence-electron chi connectivity index (χ1n) is 12.0. The Balaban J connectivity index is 1.20. The molecule has 2 aromatic heterocycles. The SMILES string of the molecule is Cc1ccc(-c2ccn(-c3ccnc(Nc4ccc(CN5CCN(CCO)CC5)cc4)n3)n2)cc1. The Bertz CT molecular complexity index is 1230. The molecular weight excluding hydrogens is 438 g/mol. The number of aliphatic hydroxyl groups excluding tert-OH is 1. The second kappa shape index (κ2) is 10.8. The number of nitrogens with one attached hydrogen (secondary N) is 1. The Morgan fingerprint density at radius 2 is 1.63 bits per heavy atom. The van der Waals surface area contributed by atoms with Crippen molar-refractivity contribution in [3.05, 3.63) is 84.2 Å². The molecule has 180 valence electrons. The lowest BCUT2D eigenvalue weighted by Gasteiger charge is -2.34. The van der Waals surface area contributed by atoms with E-state index < -0.39 is 0 Å². The minimum absolute atomic E-state index is 0.234. The molecule has 0 radical (unpaired) electrons. The van der Waals surface area contributed by atoms with Crippen LogP contribution in [0.5, 0.6) is 0 Å². The van der Waals surface area contributed by atoms with Crippen LogP contribution in [0.4, 0.5) is 11.6 Å². The van der Waals surface area contributed by atoms with Gasteiger partial charge in [-0.05, 0) is 30.7 Å². The summed E-state index contributed by atoms with van der Waals surface area (Å²) < 4.78 is 1.77. The third kappa shape index (κ3) is 5.92. The van der Waals surface area contributed by atoms with Crippen molar-refractivity contribution in [1.29, 1.82) is 0 Å². The van der Waals surface area contributed by atoms with Gasteiger partial charge in [0.1, 0.15) is 0 Å². The number of rotatable bonds is 8. The fraction of sp³-hybridized carbons (Fsp3) is 0.296. The molecule has 2 aromatic carbocycles. The van der Waals surface area contributed by atoms with Crippen LogP contribution in [-0.4, -0.2) is 74.0 Å². The van der Waals surface area contributed by atoms with Crippen LogP contribution in [0, 0.1) is 6.92 Å². The molecule has 4 aromatic rings. The molecule has 0 amide bonds. The normalized spacial score (nSPS) is 14.8. The summed E-state index contributed by atoms with van der Waals surface area (Å²) in [5.74, 6) is 1.24. The third-order valence-electron chi connectivity index (χ3n) is 6.31. The summed E-state index contributed by atoms with van der Waals surface area (Å²) in [6, 6.07) is 20.6. The van der Waals surface area contributed by atoms with Crippen LogP contribution in [0.15, 0.2) is 73.1 Å². The number of aliphatic hydroxyl groups is 1. The number of anilines is 2. The lowest BCUT2D eigenvalue weighted by molar-refractivity contribution is 0.108. The van der Waals surface area contributed by atoms with E-state index in [9.17, 15) is 0 Å². The van der Waals surface area contributed by atoms with Crippen molar-refractivity contribution in [2.75, 3.05) is 44.6 Å². The molecule has 1 saturated heterocycles. The Labute approximate surface area is 205 Å². The van der Waals surface area contributed by atoms with E-state index in [2.05, 4.69) is 85.6 Å². The van der Waals surface area contributed by atoms with E-state index in [0.29, 0.717) is 11.8 Å². The molecule has 1 aliphatic heterocycles. The van der Waals surface area contributed by atoms with E-state index in [1.165, 1.54) is 11.1 Å². The number of nitrogens with zero attached hydrogens (tertiary/aromatic N) is 6. The van der Waals surface area contributed by atoms with E-state index in [4.69, 9.17) is 5.11 Å². The van der Waals surface area contributed by atoms with E-state index in [1.54, 1.807) is 10.9 Å². The van der Waals surface area contributed by atoms with Crippen LogP contribution < -0.4 is 5.32 Å². The summed E-state index contributed by atoms with van der Waals surface area (Å²) in [4.78, 5) is 13.8. The predicted molar refractivity (Wildman–Crippen MR) is 138 cm³/mol. The molecule has 35 heavy (non-hydrogen) atoms. The Morgan fingerprint density at radius 1 is 0.886 bits per heavy atom. The number of hydrogen-bond acceptors (Lipinski definition) is 7. The first-order valence-corrected chi connectivity index (χ1v) is 12.0. The van der Waals surface area contributed by atoms with Gasteiger partial charge in [0.05, 0.1) is 12.3 Å². The van der Waals surface area contributed by atoms with Gasteiger partial charge in [-0.25, -0.2) is 9.67 Å². The van der Waals surface area contributed by atoms with Gasteiger partial charge in [0.2, 0.25) is 5.95 Å². The molecule has 3 heterocycles. The molecule has 1 aliphatic rings. The zero-order valence-electron chi connectivity index (χ0n) is 20.0. The van der Waals surface area contributed by atoms with Gasteiger partial charge in [-0.2, -0.15) is 10.1 Å². The average molecular weight is 470 g/mol.